The molecule has 0 saturated carbocycles. The molecule has 0 radical (unpaired) electrons. The van der Waals surface area contributed by atoms with Gasteiger partial charge >= 0.3 is 5.97 Å². The SMILES string of the molecule is CC(=O)O/N=C1/C(c2c(O)[nH]c3cc(Cl)ccc23)=Nc2ccccc21. The normalized spacial score (nSPS) is 14.6. The second-order valence-corrected chi connectivity index (χ2v) is 5.98. The highest BCUT2D eigenvalue weighted by molar-refractivity contribution is 6.58. The molecule has 4 rings (SSSR count). The predicted molar refractivity (Wildman–Crippen MR) is 95.9 cm³/mol. The molecule has 0 unspecified atom stereocenters. The van der Waals surface area contributed by atoms with Gasteiger partial charge in [0.15, 0.2) is 5.88 Å². The fourth-order valence-corrected chi connectivity index (χ4v) is 3.02. The number of benzene rings is 2. The molecule has 6 nitrogen and oxygen atoms in total. The van der Waals surface area contributed by atoms with Crippen molar-refractivity contribution in [2.24, 2.45) is 10.1 Å². The summed E-state index contributed by atoms with van der Waals surface area (Å²) in [4.78, 5) is 23.5. The molecule has 1 aliphatic heterocycles. The van der Waals surface area contributed by atoms with Crippen molar-refractivity contribution < 1.29 is 14.7 Å². The lowest BCUT2D eigenvalue weighted by molar-refractivity contribution is -0.140. The van der Waals surface area contributed by atoms with Crippen molar-refractivity contribution in [1.29, 1.82) is 0 Å². The number of oxime groups is 1. The number of hydrogen-bond acceptors (Lipinski definition) is 5. The molecule has 2 aromatic carbocycles. The number of aromatic amines is 1. The van der Waals surface area contributed by atoms with Crippen LogP contribution in [-0.2, 0) is 9.63 Å². The standard InChI is InChI=1S/C18H12ClN3O3/c1-9(23)25-22-16-12-4-2-3-5-13(12)20-17(16)15-11-7-6-10(19)8-14(11)21-18(15)24/h2-8,21,24H,1H3/b22-16+. The first-order valence-electron chi connectivity index (χ1n) is 7.49. The zero-order chi connectivity index (χ0) is 17.6. The van der Waals surface area contributed by atoms with Crippen molar-refractivity contribution in [1.82, 2.24) is 4.98 Å². The second kappa shape index (κ2) is 5.75. The van der Waals surface area contributed by atoms with E-state index < -0.39 is 5.97 Å². The van der Waals surface area contributed by atoms with Crippen LogP contribution in [-0.4, -0.2) is 27.5 Å². The summed E-state index contributed by atoms with van der Waals surface area (Å²) in [5.41, 5.74) is 3.37. The molecule has 0 aliphatic carbocycles. The number of aromatic hydroxyl groups is 1. The minimum atomic E-state index is -0.536. The van der Waals surface area contributed by atoms with Crippen LogP contribution in [0.15, 0.2) is 52.6 Å². The highest BCUT2D eigenvalue weighted by atomic mass is 35.5. The van der Waals surface area contributed by atoms with Gasteiger partial charge < -0.3 is 14.9 Å². The van der Waals surface area contributed by atoms with Crippen LogP contribution >= 0.6 is 11.6 Å². The summed E-state index contributed by atoms with van der Waals surface area (Å²) in [5, 5.41) is 15.7. The molecule has 1 aromatic heterocycles. The van der Waals surface area contributed by atoms with Crippen molar-refractivity contribution in [2.75, 3.05) is 0 Å². The van der Waals surface area contributed by atoms with E-state index in [1.54, 1.807) is 18.2 Å². The highest BCUT2D eigenvalue weighted by Crippen LogP contribution is 2.36. The lowest BCUT2D eigenvalue weighted by Gasteiger charge is -2.03. The van der Waals surface area contributed by atoms with Gasteiger partial charge in [-0.15, -0.1) is 0 Å². The molecule has 0 atom stereocenters. The van der Waals surface area contributed by atoms with Gasteiger partial charge in [0.2, 0.25) is 0 Å². The Hall–Kier alpha value is -3.12. The molecule has 1 aliphatic rings. The minimum Gasteiger partial charge on any atom is -0.494 e. The number of H-pyrrole nitrogens is 1. The maximum absolute atomic E-state index is 11.2. The second-order valence-electron chi connectivity index (χ2n) is 5.54. The average Bonchev–Trinajstić information content (AvgIpc) is 3.08. The van der Waals surface area contributed by atoms with Gasteiger partial charge in [0.1, 0.15) is 11.4 Å². The molecule has 0 fully saturated rings. The van der Waals surface area contributed by atoms with Gasteiger partial charge in [0.05, 0.1) is 16.8 Å². The topological polar surface area (TPSA) is 87.0 Å². The number of hydrogen-bond donors (Lipinski definition) is 2. The lowest BCUT2D eigenvalue weighted by Crippen LogP contribution is -2.14. The van der Waals surface area contributed by atoms with Crippen molar-refractivity contribution >= 4 is 45.6 Å². The molecular weight excluding hydrogens is 342 g/mol. The van der Waals surface area contributed by atoms with Crippen LogP contribution in [0.1, 0.15) is 18.1 Å². The number of para-hydroxylation sites is 1. The molecule has 3 aromatic rings. The first-order valence-corrected chi connectivity index (χ1v) is 7.87. The van der Waals surface area contributed by atoms with Crippen LogP contribution in [0.25, 0.3) is 10.9 Å². The largest absolute Gasteiger partial charge is 0.494 e. The summed E-state index contributed by atoms with van der Waals surface area (Å²) in [6.07, 6.45) is 0. The number of nitrogens with zero attached hydrogens (tertiary/aromatic N) is 2. The number of aromatic nitrogens is 1. The van der Waals surface area contributed by atoms with E-state index in [-0.39, 0.29) is 5.88 Å². The summed E-state index contributed by atoms with van der Waals surface area (Å²) in [6.45, 7) is 1.27. The Morgan fingerprint density at radius 3 is 2.88 bits per heavy atom. The van der Waals surface area contributed by atoms with E-state index in [0.717, 1.165) is 10.9 Å². The van der Waals surface area contributed by atoms with E-state index in [1.807, 2.05) is 24.3 Å². The summed E-state index contributed by atoms with van der Waals surface area (Å²) >= 11 is 6.01. The number of aliphatic imine (C=N–C) groups is 1. The van der Waals surface area contributed by atoms with E-state index >= 15 is 0 Å². The zero-order valence-corrected chi connectivity index (χ0v) is 13.8. The van der Waals surface area contributed by atoms with Crippen LogP contribution in [0.5, 0.6) is 5.88 Å². The van der Waals surface area contributed by atoms with Crippen molar-refractivity contribution in [3.8, 4) is 5.88 Å². The Balaban J connectivity index is 1.94. The fraction of sp³-hybridized carbons (Fsp3) is 0.0556. The Bertz CT molecular complexity index is 1080. The molecule has 0 saturated heterocycles. The molecule has 0 spiro atoms. The van der Waals surface area contributed by atoms with Gasteiger partial charge in [-0.2, -0.15) is 0 Å². The van der Waals surface area contributed by atoms with E-state index in [1.165, 1.54) is 6.92 Å². The van der Waals surface area contributed by atoms with Crippen LogP contribution in [0, 0.1) is 0 Å². The maximum Gasteiger partial charge on any atom is 0.332 e. The minimum absolute atomic E-state index is 0.0562. The zero-order valence-electron chi connectivity index (χ0n) is 13.1. The number of halogens is 1. The third-order valence-electron chi connectivity index (χ3n) is 3.86. The van der Waals surface area contributed by atoms with Crippen LogP contribution < -0.4 is 0 Å². The lowest BCUT2D eigenvalue weighted by atomic mass is 10.0. The number of nitrogens with one attached hydrogen (secondary N) is 1. The summed E-state index contributed by atoms with van der Waals surface area (Å²) < 4.78 is 0. The summed E-state index contributed by atoms with van der Waals surface area (Å²) in [5.74, 6) is -0.592. The molecule has 2 N–H and O–H groups in total. The molecule has 0 bridgehead atoms. The Morgan fingerprint density at radius 2 is 2.08 bits per heavy atom. The van der Waals surface area contributed by atoms with Crippen molar-refractivity contribution in [2.45, 2.75) is 6.92 Å². The average molecular weight is 354 g/mol. The van der Waals surface area contributed by atoms with Gasteiger partial charge in [0, 0.05) is 22.9 Å². The smallest absolute Gasteiger partial charge is 0.332 e. The van der Waals surface area contributed by atoms with Crippen LogP contribution in [0.4, 0.5) is 5.69 Å². The Labute approximate surface area is 147 Å². The van der Waals surface area contributed by atoms with Gasteiger partial charge in [-0.25, -0.2) is 9.79 Å². The number of carbonyl (C=O) groups excluding carboxylic acids is 1. The highest BCUT2D eigenvalue weighted by Gasteiger charge is 2.29. The first-order chi connectivity index (χ1) is 12.0. The fourth-order valence-electron chi connectivity index (χ4n) is 2.84. The van der Waals surface area contributed by atoms with Gasteiger partial charge in [-0.3, -0.25) is 0 Å². The molecule has 0 amide bonds. The quantitative estimate of drug-likeness (QED) is 0.540. The molecule has 25 heavy (non-hydrogen) atoms. The Morgan fingerprint density at radius 1 is 1.28 bits per heavy atom. The van der Waals surface area contributed by atoms with Crippen LogP contribution in [0.2, 0.25) is 5.02 Å². The van der Waals surface area contributed by atoms with Crippen molar-refractivity contribution in [3.63, 3.8) is 0 Å². The predicted octanol–water partition coefficient (Wildman–Crippen LogP) is 3.93. The number of carbonyl (C=O) groups is 1. The van der Waals surface area contributed by atoms with E-state index in [4.69, 9.17) is 16.4 Å². The molecule has 124 valence electrons. The first kappa shape index (κ1) is 15.4. The molecule has 2 heterocycles. The van der Waals surface area contributed by atoms with E-state index in [9.17, 15) is 9.90 Å². The summed E-state index contributed by atoms with van der Waals surface area (Å²) in [6, 6.07) is 12.6. The number of rotatable bonds is 2. The van der Waals surface area contributed by atoms with E-state index in [2.05, 4.69) is 15.1 Å². The van der Waals surface area contributed by atoms with E-state index in [0.29, 0.717) is 33.2 Å². The molecular formula is C18H12ClN3O3. The van der Waals surface area contributed by atoms with Gasteiger partial charge in [0.25, 0.3) is 0 Å². The van der Waals surface area contributed by atoms with Gasteiger partial charge in [-0.05, 0) is 18.2 Å². The Kier molecular flexibility index (Phi) is 3.54. The summed E-state index contributed by atoms with van der Waals surface area (Å²) in [7, 11) is 0. The van der Waals surface area contributed by atoms with Gasteiger partial charge in [-0.1, -0.05) is 41.0 Å². The third-order valence-corrected chi connectivity index (χ3v) is 4.09. The maximum atomic E-state index is 11.2. The monoisotopic (exact) mass is 353 g/mol. The molecule has 7 heteroatoms. The number of fused-ring (bicyclic) bond motifs is 2. The van der Waals surface area contributed by atoms with Crippen LogP contribution in [0.3, 0.4) is 0 Å². The third kappa shape index (κ3) is 2.56. The van der Waals surface area contributed by atoms with Crippen molar-refractivity contribution in [3.05, 3.63) is 58.6 Å².